The summed E-state index contributed by atoms with van der Waals surface area (Å²) in [6.45, 7) is 6.76. The summed E-state index contributed by atoms with van der Waals surface area (Å²) in [6.07, 6.45) is 2.93. The van der Waals surface area contributed by atoms with Gasteiger partial charge in [0.25, 0.3) is 0 Å². The highest BCUT2D eigenvalue weighted by Gasteiger charge is 2.39. The Bertz CT molecular complexity index is 696. The van der Waals surface area contributed by atoms with Crippen molar-refractivity contribution in [2.24, 2.45) is 0 Å². The molecule has 1 aromatic carbocycles. The number of benzene rings is 1. The minimum absolute atomic E-state index is 0.0144. The number of likely N-dealkylation sites (tertiary alicyclic amines) is 1. The number of carbonyl (C=O) groups excluding carboxylic acids is 2. The number of hydrogen-bond donors (Lipinski definition) is 0. The highest BCUT2D eigenvalue weighted by Crippen LogP contribution is 2.33. The van der Waals surface area contributed by atoms with Crippen LogP contribution in [0.2, 0.25) is 0 Å². The zero-order valence-corrected chi connectivity index (χ0v) is 16.1. The van der Waals surface area contributed by atoms with Crippen molar-refractivity contribution in [3.8, 4) is 5.75 Å². The molecule has 0 radical (unpaired) electrons. The molecular weight excluding hydrogens is 332 g/mol. The normalized spacial score (nSPS) is 19.9. The van der Waals surface area contributed by atoms with E-state index in [1.165, 1.54) is 0 Å². The molecule has 2 aliphatic heterocycles. The first kappa shape index (κ1) is 18.5. The molecule has 0 spiro atoms. The van der Waals surface area contributed by atoms with Crippen LogP contribution in [0.3, 0.4) is 0 Å². The molecule has 0 N–H and O–H groups in total. The lowest BCUT2D eigenvalue weighted by Gasteiger charge is -2.34. The Labute approximate surface area is 155 Å². The zero-order chi connectivity index (χ0) is 18.9. The first-order chi connectivity index (χ1) is 12.3. The van der Waals surface area contributed by atoms with E-state index >= 15 is 0 Å². The number of hydrogen-bond acceptors (Lipinski definition) is 4. The molecule has 1 saturated heterocycles. The number of nitrogens with zero attached hydrogens (tertiary/aromatic N) is 2. The average Bonchev–Trinajstić information content (AvgIpc) is 3.08. The van der Waals surface area contributed by atoms with Gasteiger partial charge in [-0.2, -0.15) is 0 Å². The number of rotatable bonds is 2. The van der Waals surface area contributed by atoms with E-state index < -0.39 is 17.7 Å². The molecular formula is C20H28N2O4. The SMILES string of the molecule is COc1ccc2c(c1)CCCN2C(=O)[C@H]1CCCN1C(=O)OC(C)(C)C. The summed E-state index contributed by atoms with van der Waals surface area (Å²) in [5.74, 6) is 0.786. The molecule has 1 atom stereocenters. The standard InChI is InChI=1S/C20H28N2O4/c1-20(2,3)26-19(24)22-12-6-8-17(22)18(23)21-11-5-7-14-13-15(25-4)9-10-16(14)21/h9-10,13,17H,5-8,11-12H2,1-4H3/t17-/m1/s1. The van der Waals surface area contributed by atoms with Crippen molar-refractivity contribution < 1.29 is 19.1 Å². The van der Waals surface area contributed by atoms with Crippen LogP contribution in [0.15, 0.2) is 18.2 Å². The number of methoxy groups -OCH3 is 1. The van der Waals surface area contributed by atoms with E-state index in [-0.39, 0.29) is 5.91 Å². The third-order valence-electron chi connectivity index (χ3n) is 4.84. The molecule has 0 aliphatic carbocycles. The van der Waals surface area contributed by atoms with Gasteiger partial charge in [-0.05, 0) is 70.2 Å². The van der Waals surface area contributed by atoms with Crippen LogP contribution in [0.25, 0.3) is 0 Å². The maximum absolute atomic E-state index is 13.2. The lowest BCUT2D eigenvalue weighted by molar-refractivity contribution is -0.123. The van der Waals surface area contributed by atoms with Crippen molar-refractivity contribution in [1.82, 2.24) is 4.90 Å². The van der Waals surface area contributed by atoms with Gasteiger partial charge in [0.15, 0.2) is 0 Å². The summed E-state index contributed by atoms with van der Waals surface area (Å²) in [5.41, 5.74) is 1.48. The van der Waals surface area contributed by atoms with Gasteiger partial charge in [-0.15, -0.1) is 0 Å². The van der Waals surface area contributed by atoms with Gasteiger partial charge in [0.05, 0.1) is 7.11 Å². The number of amides is 2. The molecule has 2 heterocycles. The zero-order valence-electron chi connectivity index (χ0n) is 16.1. The van der Waals surface area contributed by atoms with Gasteiger partial charge in [-0.25, -0.2) is 4.79 Å². The summed E-state index contributed by atoms with van der Waals surface area (Å²) < 4.78 is 10.8. The van der Waals surface area contributed by atoms with E-state index in [2.05, 4.69) is 0 Å². The van der Waals surface area contributed by atoms with Crippen molar-refractivity contribution in [2.45, 2.75) is 58.1 Å². The van der Waals surface area contributed by atoms with E-state index in [9.17, 15) is 9.59 Å². The molecule has 26 heavy (non-hydrogen) atoms. The fraction of sp³-hybridized carbons (Fsp3) is 0.600. The fourth-order valence-corrected chi connectivity index (χ4v) is 3.67. The summed E-state index contributed by atoms with van der Waals surface area (Å²) in [5, 5.41) is 0. The van der Waals surface area contributed by atoms with Gasteiger partial charge in [-0.3, -0.25) is 9.69 Å². The van der Waals surface area contributed by atoms with Crippen LogP contribution in [0.5, 0.6) is 5.75 Å². The molecule has 2 aliphatic rings. The molecule has 0 unspecified atom stereocenters. The van der Waals surface area contributed by atoms with E-state index in [4.69, 9.17) is 9.47 Å². The third kappa shape index (κ3) is 3.79. The average molecular weight is 360 g/mol. The summed E-state index contributed by atoms with van der Waals surface area (Å²) in [6, 6.07) is 5.37. The first-order valence-electron chi connectivity index (χ1n) is 9.28. The van der Waals surface area contributed by atoms with Gasteiger partial charge in [0.2, 0.25) is 5.91 Å². The second kappa shape index (κ2) is 7.17. The Morgan fingerprint density at radius 1 is 1.15 bits per heavy atom. The number of fused-ring (bicyclic) bond motifs is 1. The van der Waals surface area contributed by atoms with E-state index in [0.29, 0.717) is 19.5 Å². The van der Waals surface area contributed by atoms with Crippen LogP contribution in [0.4, 0.5) is 10.5 Å². The summed E-state index contributed by atoms with van der Waals surface area (Å²) in [7, 11) is 1.64. The van der Waals surface area contributed by atoms with Gasteiger partial charge in [0.1, 0.15) is 17.4 Å². The molecule has 6 heteroatoms. The first-order valence-corrected chi connectivity index (χ1v) is 9.28. The van der Waals surface area contributed by atoms with Crippen LogP contribution in [0, 0.1) is 0 Å². The highest BCUT2D eigenvalue weighted by atomic mass is 16.6. The lowest BCUT2D eigenvalue weighted by atomic mass is 10.00. The monoisotopic (exact) mass is 360 g/mol. The summed E-state index contributed by atoms with van der Waals surface area (Å²) in [4.78, 5) is 29.2. The van der Waals surface area contributed by atoms with Crippen molar-refractivity contribution in [2.75, 3.05) is 25.1 Å². The van der Waals surface area contributed by atoms with E-state index in [0.717, 1.165) is 36.3 Å². The number of anilines is 1. The maximum Gasteiger partial charge on any atom is 0.410 e. The summed E-state index contributed by atoms with van der Waals surface area (Å²) >= 11 is 0. The Morgan fingerprint density at radius 2 is 1.92 bits per heavy atom. The highest BCUT2D eigenvalue weighted by molar-refractivity contribution is 6.00. The van der Waals surface area contributed by atoms with Crippen LogP contribution >= 0.6 is 0 Å². The predicted molar refractivity (Wildman–Crippen MR) is 99.6 cm³/mol. The minimum atomic E-state index is -0.568. The van der Waals surface area contributed by atoms with Gasteiger partial charge in [0, 0.05) is 18.8 Å². The van der Waals surface area contributed by atoms with Crippen LogP contribution in [-0.2, 0) is 16.0 Å². The molecule has 0 bridgehead atoms. The Morgan fingerprint density at radius 3 is 2.62 bits per heavy atom. The largest absolute Gasteiger partial charge is 0.497 e. The molecule has 3 rings (SSSR count). The molecule has 2 amide bonds. The number of aryl methyl sites for hydroxylation is 1. The molecule has 0 saturated carbocycles. The Hall–Kier alpha value is -2.24. The van der Waals surface area contributed by atoms with Gasteiger partial charge >= 0.3 is 6.09 Å². The minimum Gasteiger partial charge on any atom is -0.497 e. The van der Waals surface area contributed by atoms with E-state index in [1.54, 1.807) is 12.0 Å². The molecule has 1 aromatic rings. The quantitative estimate of drug-likeness (QED) is 0.811. The molecule has 142 valence electrons. The number of carbonyl (C=O) groups is 2. The van der Waals surface area contributed by atoms with Crippen LogP contribution in [-0.4, -0.2) is 48.7 Å². The van der Waals surface area contributed by atoms with Gasteiger partial charge in [-0.1, -0.05) is 0 Å². The van der Waals surface area contributed by atoms with Crippen molar-refractivity contribution in [3.05, 3.63) is 23.8 Å². The fourth-order valence-electron chi connectivity index (χ4n) is 3.67. The molecule has 1 fully saturated rings. The lowest BCUT2D eigenvalue weighted by Crippen LogP contribution is -2.50. The van der Waals surface area contributed by atoms with Crippen molar-refractivity contribution >= 4 is 17.7 Å². The molecule has 6 nitrogen and oxygen atoms in total. The van der Waals surface area contributed by atoms with E-state index in [1.807, 2.05) is 43.9 Å². The topological polar surface area (TPSA) is 59.1 Å². The van der Waals surface area contributed by atoms with Crippen LogP contribution in [0.1, 0.15) is 45.6 Å². The smallest absolute Gasteiger partial charge is 0.410 e. The Balaban J connectivity index is 1.80. The predicted octanol–water partition coefficient (Wildman–Crippen LogP) is 3.37. The molecule has 0 aromatic heterocycles. The number of ether oxygens (including phenoxy) is 2. The second-order valence-electron chi connectivity index (χ2n) is 7.92. The Kier molecular flexibility index (Phi) is 5.12. The maximum atomic E-state index is 13.2. The van der Waals surface area contributed by atoms with Crippen molar-refractivity contribution in [1.29, 1.82) is 0 Å². The third-order valence-corrected chi connectivity index (χ3v) is 4.84. The van der Waals surface area contributed by atoms with Gasteiger partial charge < -0.3 is 14.4 Å². The van der Waals surface area contributed by atoms with Crippen molar-refractivity contribution in [3.63, 3.8) is 0 Å². The second-order valence-corrected chi connectivity index (χ2v) is 7.92. The van der Waals surface area contributed by atoms with Crippen LogP contribution < -0.4 is 9.64 Å².